The van der Waals surface area contributed by atoms with E-state index in [2.05, 4.69) is 30.4 Å². The number of halogens is 2. The van der Waals surface area contributed by atoms with Gasteiger partial charge < -0.3 is 5.32 Å². The summed E-state index contributed by atoms with van der Waals surface area (Å²) >= 11 is 0. The van der Waals surface area contributed by atoms with Crippen LogP contribution in [0.5, 0.6) is 0 Å². The van der Waals surface area contributed by atoms with Crippen LogP contribution in [0.25, 0.3) is 22.4 Å². The molecule has 3 fully saturated rings. The summed E-state index contributed by atoms with van der Waals surface area (Å²) in [5.74, 6) is 0.0673. The maximum Gasteiger partial charge on any atom is 0.181 e. The molecule has 6 heterocycles. The molecule has 3 aromatic heterocycles. The Morgan fingerprint density at radius 1 is 1.19 bits per heavy atom. The van der Waals surface area contributed by atoms with Crippen LogP contribution in [0, 0.1) is 17.6 Å². The summed E-state index contributed by atoms with van der Waals surface area (Å²) in [5.41, 5.74) is 1.43. The summed E-state index contributed by atoms with van der Waals surface area (Å²) in [6.45, 7) is 2.08. The van der Waals surface area contributed by atoms with Crippen LogP contribution in [0.1, 0.15) is 19.3 Å². The van der Waals surface area contributed by atoms with E-state index < -0.39 is 11.6 Å². The lowest BCUT2D eigenvalue weighted by molar-refractivity contribution is 0.0636. The second-order valence-electron chi connectivity index (χ2n) is 7.03. The van der Waals surface area contributed by atoms with Gasteiger partial charge in [0, 0.05) is 13.1 Å². The number of rotatable bonds is 3. The van der Waals surface area contributed by atoms with Gasteiger partial charge in [-0.1, -0.05) is 0 Å². The van der Waals surface area contributed by atoms with Crippen LogP contribution in [0.15, 0.2) is 24.4 Å². The van der Waals surface area contributed by atoms with E-state index in [1.807, 2.05) is 0 Å². The number of fused-ring (bicyclic) bond motifs is 4. The van der Waals surface area contributed by atoms with E-state index in [1.54, 1.807) is 6.07 Å². The molecule has 0 aromatic carbocycles. The first-order valence-corrected chi connectivity index (χ1v) is 8.84. The van der Waals surface area contributed by atoms with Gasteiger partial charge in [-0.05, 0) is 43.4 Å². The van der Waals surface area contributed by atoms with E-state index in [4.69, 9.17) is 0 Å². The van der Waals surface area contributed by atoms with E-state index >= 15 is 0 Å². The monoisotopic (exact) mass is 356 g/mol. The molecule has 8 heteroatoms. The number of hydrogen-bond acceptors (Lipinski definition) is 5. The SMILES string of the molecule is Fc1cnc2n[nH]c(-c3ccc(F)c(N[C@H]4CC5CCN4CC5)n3)c2c1. The minimum absolute atomic E-state index is 0.109. The number of piperidine rings is 3. The largest absolute Gasteiger partial charge is 0.352 e. The summed E-state index contributed by atoms with van der Waals surface area (Å²) in [4.78, 5) is 10.7. The average Bonchev–Trinajstić information content (AvgIpc) is 3.07. The predicted octanol–water partition coefficient (Wildman–Crippen LogP) is 3.15. The van der Waals surface area contributed by atoms with Crippen molar-refractivity contribution in [2.75, 3.05) is 18.4 Å². The summed E-state index contributed by atoms with van der Waals surface area (Å²) in [7, 11) is 0. The van der Waals surface area contributed by atoms with E-state index in [0.717, 1.165) is 25.7 Å². The number of nitrogens with one attached hydrogen (secondary N) is 2. The first-order chi connectivity index (χ1) is 12.7. The first-order valence-electron chi connectivity index (χ1n) is 8.84. The summed E-state index contributed by atoms with van der Waals surface area (Å²) in [5, 5.41) is 10.7. The number of pyridine rings is 2. The molecule has 0 amide bonds. The molecule has 3 aromatic rings. The molecule has 2 N–H and O–H groups in total. The highest BCUT2D eigenvalue weighted by Gasteiger charge is 2.34. The van der Waals surface area contributed by atoms with Gasteiger partial charge in [-0.25, -0.2) is 18.7 Å². The molecule has 1 atom stereocenters. The topological polar surface area (TPSA) is 69.7 Å². The van der Waals surface area contributed by atoms with Gasteiger partial charge >= 0.3 is 0 Å². The van der Waals surface area contributed by atoms with Crippen LogP contribution in [0.4, 0.5) is 14.6 Å². The molecule has 2 bridgehead atoms. The second-order valence-corrected chi connectivity index (χ2v) is 7.03. The number of hydrogen-bond donors (Lipinski definition) is 2. The van der Waals surface area contributed by atoms with Gasteiger partial charge in [-0.2, -0.15) is 5.10 Å². The third-order valence-corrected chi connectivity index (χ3v) is 5.43. The van der Waals surface area contributed by atoms with Crippen molar-refractivity contribution in [3.05, 3.63) is 36.0 Å². The fraction of sp³-hybridized carbons (Fsp3) is 0.389. The molecule has 0 saturated carbocycles. The molecule has 6 nitrogen and oxygen atoms in total. The molecule has 3 aliphatic rings. The lowest BCUT2D eigenvalue weighted by Gasteiger charge is -2.45. The maximum atomic E-state index is 14.3. The van der Waals surface area contributed by atoms with Crippen LogP contribution in [0.3, 0.4) is 0 Å². The molecule has 0 unspecified atom stereocenters. The van der Waals surface area contributed by atoms with Crippen molar-refractivity contribution < 1.29 is 8.78 Å². The number of aromatic amines is 1. The number of aromatic nitrogens is 4. The van der Waals surface area contributed by atoms with Crippen LogP contribution < -0.4 is 5.32 Å². The van der Waals surface area contributed by atoms with E-state index in [0.29, 0.717) is 28.3 Å². The van der Waals surface area contributed by atoms with E-state index in [1.165, 1.54) is 25.0 Å². The van der Waals surface area contributed by atoms with Crippen molar-refractivity contribution in [1.29, 1.82) is 0 Å². The van der Waals surface area contributed by atoms with E-state index in [-0.39, 0.29) is 12.0 Å². The minimum Gasteiger partial charge on any atom is -0.352 e. The third-order valence-electron chi connectivity index (χ3n) is 5.43. The highest BCUT2D eigenvalue weighted by molar-refractivity contribution is 5.89. The Balaban J connectivity index is 1.49. The van der Waals surface area contributed by atoms with Gasteiger partial charge in [0.2, 0.25) is 0 Å². The zero-order valence-corrected chi connectivity index (χ0v) is 14.0. The molecular weight excluding hydrogens is 338 g/mol. The zero-order valence-electron chi connectivity index (χ0n) is 14.0. The minimum atomic E-state index is -0.452. The van der Waals surface area contributed by atoms with Crippen LogP contribution >= 0.6 is 0 Å². The molecule has 26 heavy (non-hydrogen) atoms. The second kappa shape index (κ2) is 5.98. The Labute approximate surface area is 148 Å². The third kappa shape index (κ3) is 2.61. The smallest absolute Gasteiger partial charge is 0.181 e. The fourth-order valence-electron chi connectivity index (χ4n) is 4.03. The van der Waals surface area contributed by atoms with Crippen LogP contribution in [0.2, 0.25) is 0 Å². The lowest BCUT2D eigenvalue weighted by atomic mass is 9.86. The zero-order chi connectivity index (χ0) is 17.7. The lowest BCUT2D eigenvalue weighted by Crippen LogP contribution is -2.52. The molecule has 134 valence electrons. The van der Waals surface area contributed by atoms with Gasteiger partial charge in [0.05, 0.1) is 29.1 Å². The van der Waals surface area contributed by atoms with Gasteiger partial charge in [0.1, 0.15) is 5.82 Å². The Bertz CT molecular complexity index is 963. The van der Waals surface area contributed by atoms with Gasteiger partial charge in [0.25, 0.3) is 0 Å². The summed E-state index contributed by atoms with van der Waals surface area (Å²) < 4.78 is 27.9. The van der Waals surface area contributed by atoms with Crippen molar-refractivity contribution in [2.24, 2.45) is 5.92 Å². The fourth-order valence-corrected chi connectivity index (χ4v) is 4.03. The number of anilines is 1. The molecule has 0 radical (unpaired) electrons. The normalized spacial score (nSPS) is 24.9. The Morgan fingerprint density at radius 2 is 2.04 bits per heavy atom. The molecule has 0 spiro atoms. The Hall–Kier alpha value is -2.61. The van der Waals surface area contributed by atoms with Crippen molar-refractivity contribution in [1.82, 2.24) is 25.1 Å². The highest BCUT2D eigenvalue weighted by atomic mass is 19.1. The van der Waals surface area contributed by atoms with Crippen molar-refractivity contribution in [3.63, 3.8) is 0 Å². The predicted molar refractivity (Wildman–Crippen MR) is 93.4 cm³/mol. The van der Waals surface area contributed by atoms with Gasteiger partial charge in [-0.3, -0.25) is 10.00 Å². The molecule has 6 rings (SSSR count). The quantitative estimate of drug-likeness (QED) is 0.754. The standard InChI is InChI=1S/C18H18F2N6/c19-11-8-12-16(24-25-17(12)21-9-11)14-2-1-13(20)18(22-14)23-15-7-10-3-5-26(15)6-4-10/h1-2,8-10,15H,3-7H2,(H,22,23)(H,21,24,25)/t15-/m1/s1. The molecule has 0 aliphatic carbocycles. The van der Waals surface area contributed by atoms with Crippen LogP contribution in [-0.4, -0.2) is 44.3 Å². The highest BCUT2D eigenvalue weighted by Crippen LogP contribution is 2.33. The summed E-state index contributed by atoms with van der Waals surface area (Å²) in [6, 6.07) is 4.29. The average molecular weight is 356 g/mol. The molecule has 3 aliphatic heterocycles. The van der Waals surface area contributed by atoms with Crippen LogP contribution in [-0.2, 0) is 0 Å². The van der Waals surface area contributed by atoms with E-state index in [9.17, 15) is 8.78 Å². The number of nitrogens with zero attached hydrogens (tertiary/aromatic N) is 4. The Morgan fingerprint density at radius 3 is 2.81 bits per heavy atom. The van der Waals surface area contributed by atoms with Gasteiger partial charge in [-0.15, -0.1) is 0 Å². The summed E-state index contributed by atoms with van der Waals surface area (Å²) in [6.07, 6.45) is 4.66. The Kier molecular flexibility index (Phi) is 3.59. The molecule has 3 saturated heterocycles. The molecular formula is C18H18F2N6. The van der Waals surface area contributed by atoms with Crippen molar-refractivity contribution in [3.8, 4) is 11.4 Å². The number of H-pyrrole nitrogens is 1. The van der Waals surface area contributed by atoms with Gasteiger partial charge in [0.15, 0.2) is 17.3 Å². The van der Waals surface area contributed by atoms with Crippen molar-refractivity contribution in [2.45, 2.75) is 25.4 Å². The maximum absolute atomic E-state index is 14.3. The van der Waals surface area contributed by atoms with Crippen molar-refractivity contribution >= 4 is 16.9 Å². The first kappa shape index (κ1) is 15.6.